The number of fused-ring (bicyclic) bond motifs is 1. The first kappa shape index (κ1) is 21.2. The summed E-state index contributed by atoms with van der Waals surface area (Å²) in [6.45, 7) is 2.51. The van der Waals surface area contributed by atoms with Crippen LogP contribution in [0.5, 0.6) is 5.75 Å². The predicted molar refractivity (Wildman–Crippen MR) is 101 cm³/mol. The van der Waals surface area contributed by atoms with Crippen LogP contribution in [-0.4, -0.2) is 36.3 Å². The van der Waals surface area contributed by atoms with Crippen molar-refractivity contribution in [2.45, 2.75) is 30.8 Å². The molecule has 2 N–H and O–H groups in total. The maximum atomic E-state index is 13.1. The number of sulfonamides is 1. The van der Waals surface area contributed by atoms with Crippen molar-refractivity contribution >= 4 is 20.9 Å². The van der Waals surface area contributed by atoms with Crippen molar-refractivity contribution in [3.8, 4) is 5.75 Å². The minimum Gasteiger partial charge on any atom is -0.494 e. The fraction of sp³-hybridized carbons (Fsp3) is 0.389. The van der Waals surface area contributed by atoms with Crippen molar-refractivity contribution < 1.29 is 26.3 Å². The molecule has 0 aliphatic rings. The van der Waals surface area contributed by atoms with Gasteiger partial charge in [-0.2, -0.15) is 18.3 Å². The zero-order chi connectivity index (χ0) is 21.2. The molecule has 0 unspecified atom stereocenters. The van der Waals surface area contributed by atoms with Crippen molar-refractivity contribution in [3.05, 3.63) is 41.9 Å². The van der Waals surface area contributed by atoms with Crippen LogP contribution in [0.4, 0.5) is 13.2 Å². The summed E-state index contributed by atoms with van der Waals surface area (Å²) in [5.74, 6) is 0.700. The lowest BCUT2D eigenvalue weighted by Gasteiger charge is -2.09. The molecule has 0 bridgehead atoms. The van der Waals surface area contributed by atoms with Gasteiger partial charge in [-0.05, 0) is 36.6 Å². The molecule has 0 fully saturated rings. The fourth-order valence-electron chi connectivity index (χ4n) is 2.93. The number of benzene rings is 1. The van der Waals surface area contributed by atoms with Crippen LogP contribution in [0.3, 0.4) is 0 Å². The average Bonchev–Trinajstić information content (AvgIpc) is 3.23. The zero-order valence-corrected chi connectivity index (χ0v) is 16.7. The number of alkyl halides is 3. The molecule has 0 aliphatic carbocycles. The molecule has 158 valence electrons. The Labute approximate surface area is 165 Å². The molecule has 0 saturated carbocycles. The van der Waals surface area contributed by atoms with Crippen molar-refractivity contribution in [2.75, 3.05) is 13.2 Å². The first-order chi connectivity index (χ1) is 13.6. The summed E-state index contributed by atoms with van der Waals surface area (Å²) >= 11 is 0. The van der Waals surface area contributed by atoms with Crippen LogP contribution < -0.4 is 9.46 Å². The molecular formula is C18H21F3N4O3S. The number of hydrogen-bond acceptors (Lipinski definition) is 4. The second-order valence-electron chi connectivity index (χ2n) is 6.53. The first-order valence-corrected chi connectivity index (χ1v) is 10.4. The van der Waals surface area contributed by atoms with E-state index in [4.69, 9.17) is 4.74 Å². The molecule has 3 aromatic rings. The van der Waals surface area contributed by atoms with Gasteiger partial charge in [0.2, 0.25) is 10.0 Å². The summed E-state index contributed by atoms with van der Waals surface area (Å²) in [4.78, 5) is 2.20. The second kappa shape index (κ2) is 8.07. The number of aromatic nitrogens is 3. The lowest BCUT2D eigenvalue weighted by atomic mass is 10.1. The Morgan fingerprint density at radius 1 is 1.31 bits per heavy atom. The fourth-order valence-corrected chi connectivity index (χ4v) is 4.16. The summed E-state index contributed by atoms with van der Waals surface area (Å²) < 4.78 is 72.6. The van der Waals surface area contributed by atoms with E-state index in [9.17, 15) is 21.6 Å². The lowest BCUT2D eigenvalue weighted by molar-refractivity contribution is -0.143. The molecule has 0 spiro atoms. The van der Waals surface area contributed by atoms with Crippen molar-refractivity contribution in [3.63, 3.8) is 0 Å². The van der Waals surface area contributed by atoms with Crippen LogP contribution >= 0.6 is 0 Å². The lowest BCUT2D eigenvalue weighted by Crippen LogP contribution is -2.27. The van der Waals surface area contributed by atoms with Crippen molar-refractivity contribution in [1.29, 1.82) is 0 Å². The van der Waals surface area contributed by atoms with Gasteiger partial charge in [-0.25, -0.2) is 13.1 Å². The molecule has 0 radical (unpaired) electrons. The monoisotopic (exact) mass is 430 g/mol. The van der Waals surface area contributed by atoms with Gasteiger partial charge in [0.1, 0.15) is 10.6 Å². The number of ether oxygens (including phenoxy) is 1. The zero-order valence-electron chi connectivity index (χ0n) is 15.9. The molecule has 11 heteroatoms. The number of nitrogens with one attached hydrogen (secondary N) is 2. The summed E-state index contributed by atoms with van der Waals surface area (Å²) in [5.41, 5.74) is 0.252. The molecule has 0 amide bonds. The quantitative estimate of drug-likeness (QED) is 0.574. The van der Waals surface area contributed by atoms with Gasteiger partial charge < -0.3 is 9.72 Å². The van der Waals surface area contributed by atoms with Gasteiger partial charge in [0.15, 0.2) is 5.69 Å². The summed E-state index contributed by atoms with van der Waals surface area (Å²) in [6, 6.07) is 5.55. The van der Waals surface area contributed by atoms with E-state index >= 15 is 0 Å². The molecule has 1 aromatic carbocycles. The third-order valence-corrected chi connectivity index (χ3v) is 5.71. The Morgan fingerprint density at radius 3 is 2.76 bits per heavy atom. The molecule has 0 saturated heterocycles. The minimum atomic E-state index is -4.86. The molecule has 0 aliphatic heterocycles. The standard InChI is InChI=1S/C18H21F3N4O3S/c1-3-8-28-13-4-5-15-14(9-13)12(10-22-15)6-7-23-29(26,27)16-11-25(2)24-17(16)18(19,20)21/h4-5,9-11,22-23H,3,6-8H2,1-2H3. The van der Waals surface area contributed by atoms with E-state index < -0.39 is 26.8 Å². The van der Waals surface area contributed by atoms with E-state index in [2.05, 4.69) is 14.8 Å². The highest BCUT2D eigenvalue weighted by atomic mass is 32.2. The van der Waals surface area contributed by atoms with Gasteiger partial charge >= 0.3 is 6.18 Å². The van der Waals surface area contributed by atoms with Crippen LogP contribution in [0.25, 0.3) is 10.9 Å². The number of hydrogen-bond donors (Lipinski definition) is 2. The highest BCUT2D eigenvalue weighted by Gasteiger charge is 2.40. The van der Waals surface area contributed by atoms with Gasteiger partial charge in [0.05, 0.1) is 6.61 Å². The summed E-state index contributed by atoms with van der Waals surface area (Å²) in [7, 11) is -3.13. The highest BCUT2D eigenvalue weighted by molar-refractivity contribution is 7.89. The Hall–Kier alpha value is -2.53. The number of aryl methyl sites for hydroxylation is 1. The molecule has 0 atom stereocenters. The van der Waals surface area contributed by atoms with E-state index in [0.29, 0.717) is 12.4 Å². The number of aromatic amines is 1. The SMILES string of the molecule is CCCOc1ccc2[nH]cc(CCNS(=O)(=O)c3cn(C)nc3C(F)(F)F)c2c1. The molecule has 3 rings (SSSR count). The van der Waals surface area contributed by atoms with Crippen LogP contribution in [0.1, 0.15) is 24.6 Å². The number of halogens is 3. The third-order valence-electron chi connectivity index (χ3n) is 4.25. The van der Waals surface area contributed by atoms with E-state index in [1.54, 1.807) is 6.20 Å². The molecule has 7 nitrogen and oxygen atoms in total. The summed E-state index contributed by atoms with van der Waals surface area (Å²) in [6.07, 6.45) is -1.12. The average molecular weight is 430 g/mol. The largest absolute Gasteiger partial charge is 0.494 e. The predicted octanol–water partition coefficient (Wildman–Crippen LogP) is 3.23. The van der Waals surface area contributed by atoms with Gasteiger partial charge in [-0.15, -0.1) is 0 Å². The number of nitrogens with zero attached hydrogens (tertiary/aromatic N) is 2. The normalized spacial score (nSPS) is 12.6. The minimum absolute atomic E-state index is 0.0679. The third kappa shape index (κ3) is 4.73. The van der Waals surface area contributed by atoms with Crippen molar-refractivity contribution in [2.24, 2.45) is 7.05 Å². The molecule has 2 aromatic heterocycles. The molecule has 29 heavy (non-hydrogen) atoms. The Morgan fingerprint density at radius 2 is 2.07 bits per heavy atom. The van der Waals surface area contributed by atoms with Gasteiger partial charge in [0, 0.05) is 36.9 Å². The Kier molecular flexibility index (Phi) is 5.90. The Bertz CT molecular complexity index is 1100. The maximum Gasteiger partial charge on any atom is 0.436 e. The van der Waals surface area contributed by atoms with E-state index in [1.165, 1.54) is 7.05 Å². The van der Waals surface area contributed by atoms with Gasteiger partial charge in [-0.1, -0.05) is 6.92 Å². The topological polar surface area (TPSA) is 89.0 Å². The second-order valence-corrected chi connectivity index (χ2v) is 8.27. The van der Waals surface area contributed by atoms with Gasteiger partial charge in [-0.3, -0.25) is 4.68 Å². The first-order valence-electron chi connectivity index (χ1n) is 8.95. The van der Waals surface area contributed by atoms with Gasteiger partial charge in [0.25, 0.3) is 0 Å². The number of H-pyrrole nitrogens is 1. The van der Waals surface area contributed by atoms with Crippen LogP contribution in [0.15, 0.2) is 35.5 Å². The maximum absolute atomic E-state index is 13.1. The molecule has 2 heterocycles. The number of rotatable bonds is 8. The van der Waals surface area contributed by atoms with Crippen LogP contribution in [0, 0.1) is 0 Å². The van der Waals surface area contributed by atoms with Crippen LogP contribution in [0.2, 0.25) is 0 Å². The smallest absolute Gasteiger partial charge is 0.436 e. The van der Waals surface area contributed by atoms with Crippen molar-refractivity contribution in [1.82, 2.24) is 19.5 Å². The Balaban J connectivity index is 1.74. The molecular weight excluding hydrogens is 409 g/mol. The van der Waals surface area contributed by atoms with E-state index in [-0.39, 0.29) is 13.0 Å². The summed E-state index contributed by atoms with van der Waals surface area (Å²) in [5, 5.41) is 4.11. The van der Waals surface area contributed by atoms with Crippen LogP contribution in [-0.2, 0) is 29.7 Å². The van der Waals surface area contributed by atoms with E-state index in [1.807, 2.05) is 25.1 Å². The van der Waals surface area contributed by atoms with E-state index in [0.717, 1.165) is 33.8 Å². The highest BCUT2D eigenvalue weighted by Crippen LogP contribution is 2.32.